The number of benzene rings is 1. The quantitative estimate of drug-likeness (QED) is 0.860. The predicted molar refractivity (Wildman–Crippen MR) is 73.3 cm³/mol. The summed E-state index contributed by atoms with van der Waals surface area (Å²) in [5, 5.41) is 9.06. The molecular formula is C15H18N2O3. The maximum absolute atomic E-state index is 11.0. The summed E-state index contributed by atoms with van der Waals surface area (Å²) < 4.78 is 6.07. The molecule has 3 fully saturated rings. The number of nitrogens with zero attached hydrogens (tertiary/aromatic N) is 2. The van der Waals surface area contributed by atoms with Crippen LogP contribution in [-0.2, 0) is 6.42 Å². The number of carboxylic acid groups (broad SMARTS) is 1. The molecule has 1 aromatic rings. The largest absolute Gasteiger partial charge is 0.488 e. The Labute approximate surface area is 117 Å². The van der Waals surface area contributed by atoms with Crippen LogP contribution in [0.3, 0.4) is 0 Å². The van der Waals surface area contributed by atoms with Crippen LogP contribution in [0.1, 0.15) is 15.9 Å². The van der Waals surface area contributed by atoms with E-state index >= 15 is 0 Å². The van der Waals surface area contributed by atoms with E-state index in [0.29, 0.717) is 11.6 Å². The zero-order valence-electron chi connectivity index (χ0n) is 11.3. The molecule has 4 heterocycles. The molecular weight excluding hydrogens is 256 g/mol. The van der Waals surface area contributed by atoms with Crippen molar-refractivity contribution >= 4 is 5.97 Å². The van der Waals surface area contributed by atoms with Crippen LogP contribution in [0.25, 0.3) is 0 Å². The lowest BCUT2D eigenvalue weighted by molar-refractivity contribution is -0.0315. The molecule has 5 nitrogen and oxygen atoms in total. The number of hydrogen-bond donors (Lipinski definition) is 1. The van der Waals surface area contributed by atoms with E-state index in [9.17, 15) is 4.79 Å². The number of piperazine rings is 3. The van der Waals surface area contributed by atoms with E-state index < -0.39 is 5.97 Å². The minimum Gasteiger partial charge on any atom is -0.488 e. The van der Waals surface area contributed by atoms with Crippen LogP contribution >= 0.6 is 0 Å². The molecule has 0 saturated carbocycles. The van der Waals surface area contributed by atoms with Gasteiger partial charge in [-0.05, 0) is 23.8 Å². The van der Waals surface area contributed by atoms with Gasteiger partial charge in [0.25, 0.3) is 0 Å². The van der Waals surface area contributed by atoms with Crippen molar-refractivity contribution in [3.8, 4) is 5.75 Å². The van der Waals surface area contributed by atoms with Crippen molar-refractivity contribution in [2.45, 2.75) is 18.6 Å². The maximum atomic E-state index is 11.0. The van der Waals surface area contributed by atoms with Crippen LogP contribution in [-0.4, -0.2) is 65.7 Å². The van der Waals surface area contributed by atoms with Crippen LogP contribution < -0.4 is 4.74 Å². The topological polar surface area (TPSA) is 53.0 Å². The van der Waals surface area contributed by atoms with Gasteiger partial charge in [-0.1, -0.05) is 0 Å². The second-order valence-electron chi connectivity index (χ2n) is 5.89. The highest BCUT2D eigenvalue weighted by atomic mass is 16.5. The van der Waals surface area contributed by atoms with Crippen LogP contribution in [0.4, 0.5) is 0 Å². The van der Waals surface area contributed by atoms with E-state index in [1.807, 2.05) is 0 Å². The number of hydrogen-bond acceptors (Lipinski definition) is 4. The zero-order chi connectivity index (χ0) is 13.7. The number of rotatable bonds is 2. The number of carbonyl (C=O) groups is 1. The first-order valence-electron chi connectivity index (χ1n) is 7.20. The zero-order valence-corrected chi connectivity index (χ0v) is 11.3. The molecule has 20 heavy (non-hydrogen) atoms. The second-order valence-corrected chi connectivity index (χ2v) is 5.89. The van der Waals surface area contributed by atoms with Crippen molar-refractivity contribution in [3.05, 3.63) is 29.3 Å². The van der Waals surface area contributed by atoms with E-state index in [0.717, 1.165) is 37.4 Å². The molecule has 106 valence electrons. The monoisotopic (exact) mass is 274 g/mol. The van der Waals surface area contributed by atoms with Gasteiger partial charge < -0.3 is 9.84 Å². The van der Waals surface area contributed by atoms with Crippen LogP contribution in [0.2, 0.25) is 0 Å². The summed E-state index contributed by atoms with van der Waals surface area (Å²) >= 11 is 0. The minimum absolute atomic E-state index is 0.164. The normalized spacial score (nSPS) is 34.6. The first-order valence-corrected chi connectivity index (χ1v) is 7.20. The fraction of sp³-hybridized carbons (Fsp3) is 0.533. The molecule has 4 aliphatic rings. The fourth-order valence-electron chi connectivity index (χ4n) is 3.63. The molecule has 5 rings (SSSR count). The van der Waals surface area contributed by atoms with Gasteiger partial charge in [0, 0.05) is 39.1 Å². The summed E-state index contributed by atoms with van der Waals surface area (Å²) in [5.74, 6) is -0.0134. The van der Waals surface area contributed by atoms with Gasteiger partial charge in [-0.15, -0.1) is 0 Å². The van der Waals surface area contributed by atoms with E-state index in [-0.39, 0.29) is 6.10 Å². The van der Waals surface area contributed by atoms with Gasteiger partial charge in [0.1, 0.15) is 11.9 Å². The van der Waals surface area contributed by atoms with E-state index in [2.05, 4.69) is 9.80 Å². The average Bonchev–Trinajstić information content (AvgIpc) is 2.91. The minimum atomic E-state index is -0.872. The molecule has 1 N–H and O–H groups in total. The third-order valence-corrected chi connectivity index (χ3v) is 4.76. The Morgan fingerprint density at radius 1 is 1.25 bits per heavy atom. The third-order valence-electron chi connectivity index (χ3n) is 4.76. The standard InChI is InChI=1S/C15H18N2O3/c18-15(19)10-1-2-13-11(7-10)8-14(20-13)12-9-16-3-5-17(12)6-4-16/h1-2,7,12,14H,3-6,8-9H2,(H,18,19). The molecule has 0 amide bonds. The van der Waals surface area contributed by atoms with Gasteiger partial charge in [0.05, 0.1) is 11.6 Å². The van der Waals surface area contributed by atoms with E-state index in [4.69, 9.17) is 9.84 Å². The average molecular weight is 274 g/mol. The number of aromatic carboxylic acids is 1. The lowest BCUT2D eigenvalue weighted by Crippen LogP contribution is -2.64. The van der Waals surface area contributed by atoms with Gasteiger partial charge in [-0.25, -0.2) is 4.79 Å². The van der Waals surface area contributed by atoms with Gasteiger partial charge >= 0.3 is 5.97 Å². The Balaban J connectivity index is 1.54. The molecule has 5 heteroatoms. The SMILES string of the molecule is O=C(O)c1ccc2c(c1)CC(C1CN3CCN1CC3)O2. The lowest BCUT2D eigenvalue weighted by atomic mass is 9.98. The molecule has 2 bridgehead atoms. The van der Waals surface area contributed by atoms with Crippen molar-refractivity contribution in [1.29, 1.82) is 0 Å². The predicted octanol–water partition coefficient (Wildman–Crippen LogP) is 0.688. The highest BCUT2D eigenvalue weighted by Crippen LogP contribution is 2.33. The Bertz CT molecular complexity index is 552. The molecule has 2 unspecified atom stereocenters. The summed E-state index contributed by atoms with van der Waals surface area (Å²) in [7, 11) is 0. The second kappa shape index (κ2) is 4.46. The maximum Gasteiger partial charge on any atom is 0.335 e. The molecule has 0 spiro atoms. The third kappa shape index (κ3) is 1.89. The molecule has 0 aliphatic carbocycles. The summed E-state index contributed by atoms with van der Waals surface area (Å²) in [6.07, 6.45) is 0.989. The Morgan fingerprint density at radius 3 is 2.70 bits per heavy atom. The first-order chi connectivity index (χ1) is 9.70. The summed E-state index contributed by atoms with van der Waals surface area (Å²) in [4.78, 5) is 16.1. The van der Waals surface area contributed by atoms with Crippen LogP contribution in [0.15, 0.2) is 18.2 Å². The molecule has 0 aromatic heterocycles. The molecule has 0 radical (unpaired) electrons. The van der Waals surface area contributed by atoms with E-state index in [1.54, 1.807) is 18.2 Å². The molecule has 1 aromatic carbocycles. The summed E-state index contributed by atoms with van der Waals surface area (Å²) in [6, 6.07) is 5.63. The Kier molecular flexibility index (Phi) is 2.72. The molecule has 4 aliphatic heterocycles. The van der Waals surface area contributed by atoms with Gasteiger partial charge in [0.2, 0.25) is 0 Å². The smallest absolute Gasteiger partial charge is 0.335 e. The summed E-state index contributed by atoms with van der Waals surface area (Å²) in [6.45, 7) is 5.66. The number of fused-ring (bicyclic) bond motifs is 4. The Hall–Kier alpha value is -1.59. The van der Waals surface area contributed by atoms with Crippen LogP contribution in [0, 0.1) is 0 Å². The van der Waals surface area contributed by atoms with Crippen molar-refractivity contribution < 1.29 is 14.6 Å². The lowest BCUT2D eigenvalue weighted by Gasteiger charge is -2.49. The van der Waals surface area contributed by atoms with Gasteiger partial charge in [-0.3, -0.25) is 9.80 Å². The van der Waals surface area contributed by atoms with Gasteiger partial charge in [0.15, 0.2) is 0 Å². The van der Waals surface area contributed by atoms with Crippen molar-refractivity contribution in [2.75, 3.05) is 32.7 Å². The van der Waals surface area contributed by atoms with E-state index in [1.165, 1.54) is 13.1 Å². The van der Waals surface area contributed by atoms with Crippen molar-refractivity contribution in [1.82, 2.24) is 9.80 Å². The highest BCUT2D eigenvalue weighted by Gasteiger charge is 2.40. The van der Waals surface area contributed by atoms with Gasteiger partial charge in [-0.2, -0.15) is 0 Å². The number of ether oxygens (including phenoxy) is 1. The Morgan fingerprint density at radius 2 is 2.05 bits per heavy atom. The fourth-order valence-corrected chi connectivity index (χ4v) is 3.63. The van der Waals surface area contributed by atoms with Crippen LogP contribution in [0.5, 0.6) is 5.75 Å². The molecule has 3 saturated heterocycles. The van der Waals surface area contributed by atoms with Crippen molar-refractivity contribution in [2.24, 2.45) is 0 Å². The molecule has 2 atom stereocenters. The summed E-state index contributed by atoms with van der Waals surface area (Å²) in [5.41, 5.74) is 1.38. The highest BCUT2D eigenvalue weighted by molar-refractivity contribution is 5.88. The van der Waals surface area contributed by atoms with Crippen molar-refractivity contribution in [3.63, 3.8) is 0 Å². The first kappa shape index (κ1) is 12.2. The number of carboxylic acids is 1.